The lowest BCUT2D eigenvalue weighted by Crippen LogP contribution is -2.07. The zero-order valence-electron chi connectivity index (χ0n) is 13.4. The third-order valence-electron chi connectivity index (χ3n) is 4.65. The van der Waals surface area contributed by atoms with Crippen molar-refractivity contribution in [3.05, 3.63) is 73.9 Å². The average Bonchev–Trinajstić information content (AvgIpc) is 2.99. The molecule has 4 rings (SSSR count). The summed E-state index contributed by atoms with van der Waals surface area (Å²) in [5.41, 5.74) is 4.66. The molecule has 1 aromatic heterocycles. The van der Waals surface area contributed by atoms with Gasteiger partial charge < -0.3 is 4.98 Å². The van der Waals surface area contributed by atoms with Crippen LogP contribution in [-0.2, 0) is 6.42 Å². The molecule has 0 radical (unpaired) electrons. The van der Waals surface area contributed by atoms with Crippen LogP contribution in [0, 0.1) is 10.1 Å². The van der Waals surface area contributed by atoms with Crippen molar-refractivity contribution in [1.29, 1.82) is 0 Å². The van der Waals surface area contributed by atoms with Crippen molar-refractivity contribution in [2.75, 3.05) is 0 Å². The van der Waals surface area contributed by atoms with Gasteiger partial charge in [0, 0.05) is 39.4 Å². The Hall–Kier alpha value is -2.47. The van der Waals surface area contributed by atoms with Crippen molar-refractivity contribution in [2.45, 2.75) is 25.3 Å². The van der Waals surface area contributed by atoms with Gasteiger partial charge in [-0.1, -0.05) is 15.9 Å². The number of nitrogens with zero attached hydrogens (tertiary/aromatic N) is 2. The van der Waals surface area contributed by atoms with E-state index in [0.717, 1.165) is 34.8 Å². The molecule has 0 bridgehead atoms. The Balaban J connectivity index is 1.64. The number of nitro groups is 1. The maximum Gasteiger partial charge on any atom is 0.269 e. The van der Waals surface area contributed by atoms with E-state index >= 15 is 0 Å². The Morgan fingerprint density at radius 2 is 2.04 bits per heavy atom. The normalized spacial score (nSPS) is 17.1. The molecule has 126 valence electrons. The van der Waals surface area contributed by atoms with E-state index in [1.54, 1.807) is 12.1 Å². The Labute approximate surface area is 153 Å². The van der Waals surface area contributed by atoms with Gasteiger partial charge in [-0.3, -0.25) is 15.1 Å². The topological polar surface area (TPSA) is 71.3 Å². The van der Waals surface area contributed by atoms with E-state index < -0.39 is 4.92 Å². The number of hydrogen-bond acceptors (Lipinski definition) is 3. The highest BCUT2D eigenvalue weighted by molar-refractivity contribution is 9.10. The highest BCUT2D eigenvalue weighted by Gasteiger charge is 2.23. The van der Waals surface area contributed by atoms with Gasteiger partial charge in [0.1, 0.15) is 0 Å². The molecule has 1 heterocycles. The van der Waals surface area contributed by atoms with Crippen molar-refractivity contribution >= 4 is 38.7 Å². The second kappa shape index (κ2) is 6.44. The van der Waals surface area contributed by atoms with Crippen LogP contribution in [0.25, 0.3) is 10.9 Å². The second-order valence-corrected chi connectivity index (χ2v) is 7.16. The number of rotatable bonds is 3. The van der Waals surface area contributed by atoms with Crippen LogP contribution < -0.4 is 0 Å². The summed E-state index contributed by atoms with van der Waals surface area (Å²) in [6, 6.07) is 12.9. The minimum atomic E-state index is -0.392. The summed E-state index contributed by atoms with van der Waals surface area (Å²) in [7, 11) is 0. The SMILES string of the molecule is O=[N+]([O-])c1ccc(C=N[C@@H]2CCCc3c2[nH]c2ccc(Br)cc32)cc1. The van der Waals surface area contributed by atoms with Crippen LogP contribution in [0.15, 0.2) is 51.9 Å². The molecule has 2 aromatic carbocycles. The Kier molecular flexibility index (Phi) is 4.13. The van der Waals surface area contributed by atoms with Crippen LogP contribution in [0.4, 0.5) is 5.69 Å². The number of hydrogen-bond donors (Lipinski definition) is 1. The molecular formula is C19H16BrN3O2. The number of H-pyrrole nitrogens is 1. The first kappa shape index (κ1) is 16.0. The first-order valence-electron chi connectivity index (χ1n) is 8.19. The number of halogens is 1. The third-order valence-corrected chi connectivity index (χ3v) is 5.14. The minimum Gasteiger partial charge on any atom is -0.356 e. The van der Waals surface area contributed by atoms with Crippen molar-refractivity contribution in [1.82, 2.24) is 4.98 Å². The molecular weight excluding hydrogens is 382 g/mol. The van der Waals surface area contributed by atoms with Gasteiger partial charge in [0.05, 0.1) is 11.0 Å². The summed E-state index contributed by atoms with van der Waals surface area (Å²) in [4.78, 5) is 18.6. The highest BCUT2D eigenvalue weighted by Crippen LogP contribution is 2.37. The highest BCUT2D eigenvalue weighted by atomic mass is 79.9. The maximum absolute atomic E-state index is 10.7. The quantitative estimate of drug-likeness (QED) is 0.368. The predicted molar refractivity (Wildman–Crippen MR) is 102 cm³/mol. The van der Waals surface area contributed by atoms with Crippen LogP contribution in [0.2, 0.25) is 0 Å². The summed E-state index contributed by atoms with van der Waals surface area (Å²) >= 11 is 3.55. The minimum absolute atomic E-state index is 0.0956. The lowest BCUT2D eigenvalue weighted by molar-refractivity contribution is -0.384. The summed E-state index contributed by atoms with van der Waals surface area (Å²) < 4.78 is 1.08. The van der Waals surface area contributed by atoms with Crippen LogP contribution in [0.1, 0.15) is 35.7 Å². The zero-order valence-corrected chi connectivity index (χ0v) is 15.0. The summed E-state index contributed by atoms with van der Waals surface area (Å²) in [5.74, 6) is 0. The third kappa shape index (κ3) is 3.09. The molecule has 0 saturated heterocycles. The molecule has 1 aliphatic carbocycles. The molecule has 1 aliphatic rings. The number of benzene rings is 2. The lowest BCUT2D eigenvalue weighted by atomic mass is 9.92. The van der Waals surface area contributed by atoms with E-state index in [2.05, 4.69) is 33.0 Å². The van der Waals surface area contributed by atoms with Crippen molar-refractivity contribution in [3.63, 3.8) is 0 Å². The van der Waals surface area contributed by atoms with Crippen molar-refractivity contribution in [3.8, 4) is 0 Å². The van der Waals surface area contributed by atoms with E-state index in [4.69, 9.17) is 4.99 Å². The van der Waals surface area contributed by atoms with Gasteiger partial charge in [-0.2, -0.15) is 0 Å². The molecule has 0 unspecified atom stereocenters. The van der Waals surface area contributed by atoms with Crippen molar-refractivity contribution in [2.24, 2.45) is 4.99 Å². The zero-order chi connectivity index (χ0) is 17.4. The van der Waals surface area contributed by atoms with Gasteiger partial charge in [0.15, 0.2) is 0 Å². The number of aromatic nitrogens is 1. The van der Waals surface area contributed by atoms with E-state index in [9.17, 15) is 10.1 Å². The molecule has 0 saturated carbocycles. The van der Waals surface area contributed by atoms with E-state index in [1.165, 1.54) is 28.8 Å². The fraction of sp³-hybridized carbons (Fsp3) is 0.211. The summed E-state index contributed by atoms with van der Waals surface area (Å²) in [6.45, 7) is 0. The van der Waals surface area contributed by atoms with Gasteiger partial charge in [-0.05, 0) is 60.7 Å². The Morgan fingerprint density at radius 3 is 2.80 bits per heavy atom. The second-order valence-electron chi connectivity index (χ2n) is 6.24. The first-order valence-corrected chi connectivity index (χ1v) is 8.99. The maximum atomic E-state index is 10.7. The monoisotopic (exact) mass is 397 g/mol. The van der Waals surface area contributed by atoms with Crippen LogP contribution in [0.3, 0.4) is 0 Å². The average molecular weight is 398 g/mol. The van der Waals surface area contributed by atoms with Gasteiger partial charge in [0.25, 0.3) is 5.69 Å². The number of aryl methyl sites for hydroxylation is 1. The van der Waals surface area contributed by atoms with Gasteiger partial charge in [-0.25, -0.2) is 0 Å². The van der Waals surface area contributed by atoms with Gasteiger partial charge >= 0.3 is 0 Å². The molecule has 25 heavy (non-hydrogen) atoms. The van der Waals surface area contributed by atoms with Crippen LogP contribution in [0.5, 0.6) is 0 Å². The fourth-order valence-corrected chi connectivity index (χ4v) is 3.78. The van der Waals surface area contributed by atoms with E-state index in [0.29, 0.717) is 0 Å². The van der Waals surface area contributed by atoms with Gasteiger partial charge in [0.2, 0.25) is 0 Å². The number of aromatic amines is 1. The summed E-state index contributed by atoms with van der Waals surface area (Å²) in [6.07, 6.45) is 4.99. The predicted octanol–water partition coefficient (Wildman–Crippen LogP) is 5.34. The molecule has 1 atom stereocenters. The summed E-state index contributed by atoms with van der Waals surface area (Å²) in [5, 5.41) is 12.0. The van der Waals surface area contributed by atoms with Crippen LogP contribution >= 0.6 is 15.9 Å². The largest absolute Gasteiger partial charge is 0.356 e. The molecule has 3 aromatic rings. The van der Waals surface area contributed by atoms with E-state index in [1.807, 2.05) is 12.3 Å². The molecule has 5 nitrogen and oxygen atoms in total. The number of fused-ring (bicyclic) bond motifs is 3. The number of nitrogens with one attached hydrogen (secondary N) is 1. The number of nitro benzene ring substituents is 1. The Morgan fingerprint density at radius 1 is 1.24 bits per heavy atom. The lowest BCUT2D eigenvalue weighted by Gasteiger charge is -2.19. The van der Waals surface area contributed by atoms with E-state index in [-0.39, 0.29) is 11.7 Å². The number of non-ortho nitro benzene ring substituents is 1. The number of aliphatic imine (C=N–C) groups is 1. The molecule has 6 heteroatoms. The van der Waals surface area contributed by atoms with Crippen LogP contribution in [-0.4, -0.2) is 16.1 Å². The fourth-order valence-electron chi connectivity index (χ4n) is 3.42. The smallest absolute Gasteiger partial charge is 0.269 e. The van der Waals surface area contributed by atoms with Gasteiger partial charge in [-0.15, -0.1) is 0 Å². The molecule has 0 amide bonds. The molecule has 0 aliphatic heterocycles. The van der Waals surface area contributed by atoms with Crippen molar-refractivity contribution < 1.29 is 4.92 Å². The first-order chi connectivity index (χ1) is 12.1. The molecule has 1 N–H and O–H groups in total. The standard InChI is InChI=1S/C19H16BrN3O2/c20-13-6-9-17-16(10-13)15-2-1-3-18(19(15)22-17)21-11-12-4-7-14(8-5-12)23(24)25/h4-11,18,22H,1-3H2/t18-/m1/s1. The molecule has 0 spiro atoms. The Bertz CT molecular complexity index is 976. The molecule has 0 fully saturated rings.